The van der Waals surface area contributed by atoms with E-state index in [-0.39, 0.29) is 0 Å². The first-order valence-corrected chi connectivity index (χ1v) is 6.44. The van der Waals surface area contributed by atoms with Crippen LogP contribution < -0.4 is 10.6 Å². The number of anilines is 1. The molecule has 1 aromatic heterocycles. The highest BCUT2D eigenvalue weighted by molar-refractivity contribution is 5.43. The van der Waals surface area contributed by atoms with Crippen LogP contribution in [0, 0.1) is 6.92 Å². The first kappa shape index (κ1) is 12.3. The van der Waals surface area contributed by atoms with Gasteiger partial charge in [-0.05, 0) is 19.8 Å². The Labute approximate surface area is 103 Å². The number of hydrogen-bond acceptors (Lipinski definition) is 4. The maximum atomic E-state index is 5.68. The van der Waals surface area contributed by atoms with Crippen molar-refractivity contribution in [3.8, 4) is 0 Å². The van der Waals surface area contributed by atoms with Crippen LogP contribution in [0.4, 0.5) is 5.82 Å². The summed E-state index contributed by atoms with van der Waals surface area (Å²) in [5.74, 6) is 2.35. The molecule has 1 aliphatic carbocycles. The van der Waals surface area contributed by atoms with E-state index in [1.165, 1.54) is 12.8 Å². The maximum absolute atomic E-state index is 5.68. The molecule has 2 rings (SSSR count). The van der Waals surface area contributed by atoms with E-state index >= 15 is 0 Å². The summed E-state index contributed by atoms with van der Waals surface area (Å²) >= 11 is 0. The summed E-state index contributed by atoms with van der Waals surface area (Å²) < 4.78 is 0. The predicted octanol–water partition coefficient (Wildman–Crippen LogP) is 1.84. The van der Waals surface area contributed by atoms with Crippen LogP contribution in [0.2, 0.25) is 0 Å². The lowest BCUT2D eigenvalue weighted by atomic mass is 10.2. The van der Waals surface area contributed by atoms with Gasteiger partial charge < -0.3 is 10.6 Å². The third-order valence-corrected chi connectivity index (χ3v) is 3.03. The van der Waals surface area contributed by atoms with Gasteiger partial charge >= 0.3 is 0 Å². The molecule has 2 N–H and O–H groups in total. The predicted molar refractivity (Wildman–Crippen MR) is 70.3 cm³/mol. The van der Waals surface area contributed by atoms with Crippen molar-refractivity contribution in [2.45, 2.75) is 45.6 Å². The van der Waals surface area contributed by atoms with Crippen molar-refractivity contribution in [1.82, 2.24) is 9.97 Å². The highest BCUT2D eigenvalue weighted by Crippen LogP contribution is 2.30. The van der Waals surface area contributed by atoms with Crippen LogP contribution >= 0.6 is 0 Å². The molecule has 0 bridgehead atoms. The fourth-order valence-electron chi connectivity index (χ4n) is 1.99. The molecule has 0 aliphatic heterocycles. The highest BCUT2D eigenvalue weighted by atomic mass is 15.2. The van der Waals surface area contributed by atoms with E-state index in [0.29, 0.717) is 18.5 Å². The quantitative estimate of drug-likeness (QED) is 0.844. The lowest BCUT2D eigenvalue weighted by Crippen LogP contribution is -2.32. The van der Waals surface area contributed by atoms with Gasteiger partial charge in [0, 0.05) is 36.8 Å². The Morgan fingerprint density at radius 3 is 2.65 bits per heavy atom. The summed E-state index contributed by atoms with van der Waals surface area (Å²) in [5, 5.41) is 0. The fraction of sp³-hybridized carbons (Fsp3) is 0.692. The SMILES string of the molecule is Cc1cc(N(CCN)C2CC2)nc(C(C)C)n1. The number of hydrogen-bond donors (Lipinski definition) is 1. The Morgan fingerprint density at radius 2 is 2.12 bits per heavy atom. The molecule has 0 spiro atoms. The van der Waals surface area contributed by atoms with Gasteiger partial charge in [-0.2, -0.15) is 0 Å². The van der Waals surface area contributed by atoms with Crippen LogP contribution in [0.15, 0.2) is 6.07 Å². The van der Waals surface area contributed by atoms with Gasteiger partial charge in [0.05, 0.1) is 0 Å². The molecule has 17 heavy (non-hydrogen) atoms. The minimum Gasteiger partial charge on any atom is -0.352 e. The van der Waals surface area contributed by atoms with Crippen molar-refractivity contribution < 1.29 is 0 Å². The summed E-state index contributed by atoms with van der Waals surface area (Å²) in [7, 11) is 0. The average Bonchev–Trinajstić information content (AvgIpc) is 3.08. The second kappa shape index (κ2) is 5.00. The molecule has 0 radical (unpaired) electrons. The van der Waals surface area contributed by atoms with Gasteiger partial charge in [-0.3, -0.25) is 0 Å². The van der Waals surface area contributed by atoms with Gasteiger partial charge in [-0.15, -0.1) is 0 Å². The monoisotopic (exact) mass is 234 g/mol. The summed E-state index contributed by atoms with van der Waals surface area (Å²) in [6.07, 6.45) is 2.53. The van der Waals surface area contributed by atoms with E-state index in [4.69, 9.17) is 5.73 Å². The Kier molecular flexibility index (Phi) is 3.62. The second-order valence-electron chi connectivity index (χ2n) is 5.09. The van der Waals surface area contributed by atoms with Crippen LogP contribution in [0.5, 0.6) is 0 Å². The Hall–Kier alpha value is -1.16. The smallest absolute Gasteiger partial charge is 0.133 e. The van der Waals surface area contributed by atoms with Crippen LogP contribution in [0.1, 0.15) is 44.1 Å². The molecule has 0 unspecified atom stereocenters. The van der Waals surface area contributed by atoms with Crippen molar-refractivity contribution in [2.75, 3.05) is 18.0 Å². The van der Waals surface area contributed by atoms with Crippen LogP contribution in [-0.2, 0) is 0 Å². The van der Waals surface area contributed by atoms with Gasteiger partial charge in [0.15, 0.2) is 0 Å². The van der Waals surface area contributed by atoms with Gasteiger partial charge in [0.1, 0.15) is 11.6 Å². The molecule has 1 aliphatic rings. The summed E-state index contributed by atoms with van der Waals surface area (Å²) in [4.78, 5) is 11.5. The summed E-state index contributed by atoms with van der Waals surface area (Å²) in [6, 6.07) is 2.72. The standard InChI is InChI=1S/C13H22N4/c1-9(2)13-15-10(3)8-12(16-13)17(7-6-14)11-4-5-11/h8-9,11H,4-7,14H2,1-3H3. The first-order chi connectivity index (χ1) is 8.11. The molecule has 0 amide bonds. The molecule has 0 atom stereocenters. The van der Waals surface area contributed by atoms with Crippen molar-refractivity contribution in [2.24, 2.45) is 5.73 Å². The van der Waals surface area contributed by atoms with E-state index in [9.17, 15) is 0 Å². The van der Waals surface area contributed by atoms with E-state index in [1.54, 1.807) is 0 Å². The third-order valence-electron chi connectivity index (χ3n) is 3.03. The Morgan fingerprint density at radius 1 is 1.41 bits per heavy atom. The molecule has 1 fully saturated rings. The number of nitrogens with zero attached hydrogens (tertiary/aromatic N) is 3. The Bertz CT molecular complexity index is 385. The lowest BCUT2D eigenvalue weighted by Gasteiger charge is -2.23. The zero-order valence-electron chi connectivity index (χ0n) is 11.0. The molecule has 1 aromatic rings. The number of rotatable bonds is 5. The largest absolute Gasteiger partial charge is 0.352 e. The molecule has 0 aromatic carbocycles. The average molecular weight is 234 g/mol. The molecule has 4 nitrogen and oxygen atoms in total. The maximum Gasteiger partial charge on any atom is 0.133 e. The van der Waals surface area contributed by atoms with Crippen molar-refractivity contribution in [1.29, 1.82) is 0 Å². The van der Waals surface area contributed by atoms with Crippen LogP contribution in [-0.4, -0.2) is 29.1 Å². The summed E-state index contributed by atoms with van der Waals surface area (Å²) in [5.41, 5.74) is 6.73. The van der Waals surface area contributed by atoms with E-state index in [1.807, 2.05) is 6.92 Å². The summed E-state index contributed by atoms with van der Waals surface area (Å²) in [6.45, 7) is 7.85. The molecule has 1 heterocycles. The van der Waals surface area contributed by atoms with Gasteiger partial charge in [0.2, 0.25) is 0 Å². The van der Waals surface area contributed by atoms with E-state index in [0.717, 1.165) is 23.9 Å². The fourth-order valence-corrected chi connectivity index (χ4v) is 1.99. The molecule has 4 heteroatoms. The molecule has 0 saturated heterocycles. The van der Waals surface area contributed by atoms with E-state index < -0.39 is 0 Å². The lowest BCUT2D eigenvalue weighted by molar-refractivity contribution is 0.728. The second-order valence-corrected chi connectivity index (χ2v) is 5.09. The van der Waals surface area contributed by atoms with E-state index in [2.05, 4.69) is 34.8 Å². The number of aromatic nitrogens is 2. The van der Waals surface area contributed by atoms with Gasteiger partial charge in [0.25, 0.3) is 0 Å². The van der Waals surface area contributed by atoms with Crippen LogP contribution in [0.3, 0.4) is 0 Å². The topological polar surface area (TPSA) is 55.0 Å². The molecule has 1 saturated carbocycles. The van der Waals surface area contributed by atoms with Gasteiger partial charge in [-0.1, -0.05) is 13.8 Å². The zero-order valence-corrected chi connectivity index (χ0v) is 11.0. The number of aryl methyl sites for hydroxylation is 1. The molecule has 94 valence electrons. The van der Waals surface area contributed by atoms with Crippen molar-refractivity contribution in [3.63, 3.8) is 0 Å². The molecular weight excluding hydrogens is 212 g/mol. The molecular formula is C13H22N4. The normalized spacial score (nSPS) is 15.4. The first-order valence-electron chi connectivity index (χ1n) is 6.44. The minimum atomic E-state index is 0.368. The highest BCUT2D eigenvalue weighted by Gasteiger charge is 2.29. The van der Waals surface area contributed by atoms with Crippen molar-refractivity contribution >= 4 is 5.82 Å². The number of nitrogens with two attached hydrogens (primary N) is 1. The minimum absolute atomic E-state index is 0.368. The van der Waals surface area contributed by atoms with Crippen molar-refractivity contribution in [3.05, 3.63) is 17.6 Å². The van der Waals surface area contributed by atoms with Crippen LogP contribution in [0.25, 0.3) is 0 Å². The zero-order chi connectivity index (χ0) is 12.4. The van der Waals surface area contributed by atoms with Gasteiger partial charge in [-0.25, -0.2) is 9.97 Å². The Balaban J connectivity index is 2.28. The third kappa shape index (κ3) is 2.94.